The van der Waals surface area contributed by atoms with Gasteiger partial charge in [-0.2, -0.15) is 4.68 Å². The lowest BCUT2D eigenvalue weighted by molar-refractivity contribution is 0.0970. The number of primary amides is 1. The lowest BCUT2D eigenvalue weighted by Crippen LogP contribution is -2.17. The first kappa shape index (κ1) is 18.7. The van der Waals surface area contributed by atoms with E-state index in [1.165, 1.54) is 10.9 Å². The van der Waals surface area contributed by atoms with Gasteiger partial charge in [-0.15, -0.1) is 5.10 Å². The largest absolute Gasteiger partial charge is 0.364 e. The zero-order valence-corrected chi connectivity index (χ0v) is 16.5. The zero-order valence-electron chi connectivity index (χ0n) is 16.5. The molecule has 3 aromatic heterocycles. The highest BCUT2D eigenvalue weighted by Gasteiger charge is 2.27. The van der Waals surface area contributed by atoms with Gasteiger partial charge >= 0.3 is 0 Å². The number of nitrogens with one attached hydrogen (secondary N) is 2. The quantitative estimate of drug-likeness (QED) is 0.461. The van der Waals surface area contributed by atoms with Crippen molar-refractivity contribution in [2.24, 2.45) is 5.73 Å². The highest BCUT2D eigenvalue weighted by molar-refractivity contribution is 6.07. The molecule has 154 valence electrons. The molecule has 0 radical (unpaired) electrons. The van der Waals surface area contributed by atoms with E-state index >= 15 is 0 Å². The van der Waals surface area contributed by atoms with Crippen molar-refractivity contribution in [2.45, 2.75) is 19.3 Å². The Balaban J connectivity index is 1.65. The van der Waals surface area contributed by atoms with E-state index in [0.717, 1.165) is 41.2 Å². The molecule has 4 aromatic rings. The summed E-state index contributed by atoms with van der Waals surface area (Å²) in [5.41, 5.74) is 10.3. The Hall–Kier alpha value is -4.27. The Bertz CT molecular complexity index is 1290. The molecule has 0 saturated carbocycles. The molecular weight excluding hydrogens is 394 g/mol. The predicted molar refractivity (Wildman–Crippen MR) is 114 cm³/mol. The summed E-state index contributed by atoms with van der Waals surface area (Å²) in [6.45, 7) is 0. The second-order valence-electron chi connectivity index (χ2n) is 7.29. The maximum atomic E-state index is 12.8. The number of aromatic amines is 1. The van der Waals surface area contributed by atoms with E-state index in [0.29, 0.717) is 17.8 Å². The summed E-state index contributed by atoms with van der Waals surface area (Å²) < 4.78 is 1.30. The number of aromatic nitrogens is 5. The van der Waals surface area contributed by atoms with Crippen molar-refractivity contribution < 1.29 is 9.59 Å². The number of hydrogen-bond acceptors (Lipinski definition) is 6. The van der Waals surface area contributed by atoms with Gasteiger partial charge in [-0.25, -0.2) is 4.98 Å². The number of hydrogen-bond donors (Lipinski definition) is 3. The van der Waals surface area contributed by atoms with Crippen molar-refractivity contribution in [3.63, 3.8) is 0 Å². The fourth-order valence-electron chi connectivity index (χ4n) is 3.87. The Morgan fingerprint density at radius 2 is 2.00 bits per heavy atom. The molecule has 1 aliphatic rings. The molecule has 0 saturated heterocycles. The number of Topliss-reactive ketones (excluding diaryl/α,β-unsaturated/α-hetero) is 1. The molecule has 1 amide bonds. The van der Waals surface area contributed by atoms with Crippen LogP contribution in [0.15, 0.2) is 54.9 Å². The molecule has 9 nitrogen and oxygen atoms in total. The molecule has 0 unspecified atom stereocenters. The first-order chi connectivity index (χ1) is 15.1. The highest BCUT2D eigenvalue weighted by Crippen LogP contribution is 2.39. The second-order valence-corrected chi connectivity index (χ2v) is 7.29. The van der Waals surface area contributed by atoms with E-state index in [1.807, 2.05) is 36.4 Å². The lowest BCUT2D eigenvalue weighted by Gasteiger charge is -2.14. The van der Waals surface area contributed by atoms with Crippen LogP contribution in [0.25, 0.3) is 17.1 Å². The van der Waals surface area contributed by atoms with Gasteiger partial charge in [0, 0.05) is 29.6 Å². The van der Waals surface area contributed by atoms with Crippen LogP contribution < -0.4 is 11.1 Å². The number of rotatable bonds is 5. The predicted octanol–water partition coefficient (Wildman–Crippen LogP) is 3.02. The molecule has 4 N–H and O–H groups in total. The van der Waals surface area contributed by atoms with Gasteiger partial charge in [0.25, 0.3) is 5.91 Å². The van der Waals surface area contributed by atoms with Gasteiger partial charge in [0.15, 0.2) is 17.3 Å². The number of H-pyrrole nitrogens is 1. The Morgan fingerprint density at radius 3 is 2.81 bits per heavy atom. The van der Waals surface area contributed by atoms with Crippen LogP contribution in [0.1, 0.15) is 39.4 Å². The van der Waals surface area contributed by atoms with E-state index in [2.05, 4.69) is 25.6 Å². The van der Waals surface area contributed by atoms with E-state index in [1.54, 1.807) is 12.3 Å². The van der Waals surface area contributed by atoms with Gasteiger partial charge < -0.3 is 16.0 Å². The van der Waals surface area contributed by atoms with Crippen molar-refractivity contribution in [2.75, 3.05) is 5.32 Å². The standard InChI is InChI=1S/C22H19N7O2/c23-22(31)16-12-25-28-29(16)18-11-13(9-10-24-18)20-21(26-14-5-2-1-3-6-14)19-15(27-20)7-4-8-17(19)30/h1-3,5-6,9-12,26-27H,4,7-8H2,(H2,23,31). The number of benzene rings is 1. The number of amides is 1. The SMILES string of the molecule is NC(=O)c1cnnn1-c1cc(-c2[nH]c3c(c2Nc2ccccc2)C(=O)CCC3)ccn1. The van der Waals surface area contributed by atoms with Crippen LogP contribution in [-0.2, 0) is 6.42 Å². The molecule has 3 heterocycles. The molecule has 1 aliphatic carbocycles. The number of pyridine rings is 1. The summed E-state index contributed by atoms with van der Waals surface area (Å²) in [6.07, 6.45) is 5.06. The van der Waals surface area contributed by atoms with Crippen LogP contribution in [0.5, 0.6) is 0 Å². The molecule has 0 aliphatic heterocycles. The zero-order chi connectivity index (χ0) is 21.4. The van der Waals surface area contributed by atoms with Crippen molar-refractivity contribution in [3.05, 3.63) is 71.8 Å². The second kappa shape index (κ2) is 7.52. The normalized spacial score (nSPS) is 13.1. The van der Waals surface area contributed by atoms with Crippen molar-refractivity contribution in [3.8, 4) is 17.1 Å². The highest BCUT2D eigenvalue weighted by atomic mass is 16.1. The molecule has 1 aromatic carbocycles. The van der Waals surface area contributed by atoms with Gasteiger partial charge in [0.2, 0.25) is 0 Å². The summed E-state index contributed by atoms with van der Waals surface area (Å²) in [7, 11) is 0. The summed E-state index contributed by atoms with van der Waals surface area (Å²) >= 11 is 0. The Kier molecular flexibility index (Phi) is 4.55. The first-order valence-electron chi connectivity index (χ1n) is 9.89. The summed E-state index contributed by atoms with van der Waals surface area (Å²) in [4.78, 5) is 32.2. The van der Waals surface area contributed by atoms with E-state index in [9.17, 15) is 9.59 Å². The molecule has 0 fully saturated rings. The topological polar surface area (TPSA) is 132 Å². The monoisotopic (exact) mass is 413 g/mol. The summed E-state index contributed by atoms with van der Waals surface area (Å²) in [5.74, 6) is -0.137. The third-order valence-electron chi connectivity index (χ3n) is 5.28. The molecule has 5 rings (SSSR count). The van der Waals surface area contributed by atoms with Crippen LogP contribution in [0.4, 0.5) is 11.4 Å². The van der Waals surface area contributed by atoms with Gasteiger partial charge in [0.1, 0.15) is 0 Å². The van der Waals surface area contributed by atoms with Crippen molar-refractivity contribution in [1.82, 2.24) is 25.0 Å². The molecule has 0 bridgehead atoms. The number of para-hydroxylation sites is 1. The Morgan fingerprint density at radius 1 is 1.16 bits per heavy atom. The van der Waals surface area contributed by atoms with Gasteiger partial charge in [-0.3, -0.25) is 9.59 Å². The van der Waals surface area contributed by atoms with Gasteiger partial charge in [-0.05, 0) is 37.1 Å². The van der Waals surface area contributed by atoms with Crippen molar-refractivity contribution in [1.29, 1.82) is 0 Å². The van der Waals surface area contributed by atoms with Crippen LogP contribution in [0.3, 0.4) is 0 Å². The van der Waals surface area contributed by atoms with E-state index in [4.69, 9.17) is 5.73 Å². The molecule has 0 atom stereocenters. The van der Waals surface area contributed by atoms with E-state index in [-0.39, 0.29) is 11.5 Å². The summed E-state index contributed by atoms with van der Waals surface area (Å²) in [6, 6.07) is 13.3. The molecule has 9 heteroatoms. The molecule has 0 spiro atoms. The minimum absolute atomic E-state index is 0.115. The fourth-order valence-corrected chi connectivity index (χ4v) is 3.87. The number of anilines is 2. The minimum Gasteiger partial charge on any atom is -0.364 e. The lowest BCUT2D eigenvalue weighted by atomic mass is 9.95. The number of nitrogens with zero attached hydrogens (tertiary/aromatic N) is 4. The van der Waals surface area contributed by atoms with Gasteiger partial charge in [-0.1, -0.05) is 23.4 Å². The maximum Gasteiger partial charge on any atom is 0.269 e. The van der Waals surface area contributed by atoms with E-state index < -0.39 is 5.91 Å². The maximum absolute atomic E-state index is 12.8. The summed E-state index contributed by atoms with van der Waals surface area (Å²) in [5, 5.41) is 11.1. The number of aryl methyl sites for hydroxylation is 1. The van der Waals surface area contributed by atoms with Crippen LogP contribution in [-0.4, -0.2) is 36.7 Å². The number of nitrogens with two attached hydrogens (primary N) is 1. The van der Waals surface area contributed by atoms with Gasteiger partial charge in [0.05, 0.1) is 23.1 Å². The van der Waals surface area contributed by atoms with Crippen molar-refractivity contribution >= 4 is 23.1 Å². The third-order valence-corrected chi connectivity index (χ3v) is 5.28. The Labute approximate surface area is 177 Å². The molecule has 31 heavy (non-hydrogen) atoms. The number of carbonyl (C=O) groups is 2. The van der Waals surface area contributed by atoms with Crippen LogP contribution >= 0.6 is 0 Å². The first-order valence-corrected chi connectivity index (χ1v) is 9.89. The minimum atomic E-state index is -0.649. The number of ketones is 1. The average Bonchev–Trinajstić information content (AvgIpc) is 3.41. The third kappa shape index (κ3) is 3.35. The fraction of sp³-hybridized carbons (Fsp3) is 0.136. The average molecular weight is 413 g/mol. The molecular formula is C22H19N7O2. The number of carbonyl (C=O) groups excluding carboxylic acids is 2. The number of fused-ring (bicyclic) bond motifs is 1. The van der Waals surface area contributed by atoms with Crippen LogP contribution in [0, 0.1) is 0 Å². The smallest absolute Gasteiger partial charge is 0.269 e. The van der Waals surface area contributed by atoms with Crippen LogP contribution in [0.2, 0.25) is 0 Å².